The van der Waals surface area contributed by atoms with Gasteiger partial charge < -0.3 is 19.3 Å². The van der Waals surface area contributed by atoms with Crippen LogP contribution >= 0.6 is 0 Å². The molecule has 1 saturated heterocycles. The van der Waals surface area contributed by atoms with Crippen LogP contribution in [-0.4, -0.2) is 45.7 Å². The molecular weight excluding hydrogens is 357 g/mol. The predicted octanol–water partition coefficient (Wildman–Crippen LogP) is 2.83. The summed E-state index contributed by atoms with van der Waals surface area (Å²) in [7, 11) is -0.564. The number of fused-ring (bicyclic) bond motifs is 1. The van der Waals surface area contributed by atoms with Gasteiger partial charge in [0.1, 0.15) is 5.54 Å². The SMILES string of the molecule is CC(C)(C)C(C)(C(=O)O)N1Cc2ccc(B3OC(C)(C)C(C)(C)O3)cc2C1=O. The molecule has 2 aliphatic heterocycles. The molecule has 2 heterocycles. The molecule has 0 aliphatic carbocycles. The quantitative estimate of drug-likeness (QED) is 0.808. The van der Waals surface area contributed by atoms with Crippen LogP contribution in [0.2, 0.25) is 0 Å². The third-order valence-electron chi connectivity index (χ3n) is 6.88. The van der Waals surface area contributed by atoms with Gasteiger partial charge in [0.2, 0.25) is 0 Å². The normalized spacial score (nSPS) is 22.9. The van der Waals surface area contributed by atoms with E-state index >= 15 is 0 Å². The van der Waals surface area contributed by atoms with Crippen molar-refractivity contribution in [1.29, 1.82) is 0 Å². The third kappa shape index (κ3) is 2.87. The Morgan fingerprint density at radius 3 is 2.11 bits per heavy atom. The second-order valence-corrected chi connectivity index (χ2v) is 10.0. The number of carbonyl (C=O) groups excluding carboxylic acids is 1. The van der Waals surface area contributed by atoms with Crippen molar-refractivity contribution in [3.05, 3.63) is 29.3 Å². The molecule has 0 radical (unpaired) electrons. The zero-order valence-electron chi connectivity index (χ0n) is 18.0. The molecule has 1 aromatic carbocycles. The fourth-order valence-corrected chi connectivity index (χ4v) is 3.65. The van der Waals surface area contributed by atoms with Crippen molar-refractivity contribution in [3.63, 3.8) is 0 Å². The average Bonchev–Trinajstić information content (AvgIpc) is 2.98. The van der Waals surface area contributed by atoms with Gasteiger partial charge in [-0.3, -0.25) is 4.79 Å². The highest BCUT2D eigenvalue weighted by Gasteiger charge is 2.54. The Kier molecular flexibility index (Phi) is 4.52. The third-order valence-corrected chi connectivity index (χ3v) is 6.88. The van der Waals surface area contributed by atoms with Crippen LogP contribution in [0.1, 0.15) is 71.3 Å². The smallest absolute Gasteiger partial charge is 0.479 e. The molecule has 1 aromatic rings. The van der Waals surface area contributed by atoms with Gasteiger partial charge in [0.05, 0.1) is 11.2 Å². The molecule has 152 valence electrons. The van der Waals surface area contributed by atoms with Crippen molar-refractivity contribution < 1.29 is 24.0 Å². The Balaban J connectivity index is 1.96. The molecule has 2 aliphatic rings. The first-order chi connectivity index (χ1) is 12.6. The summed E-state index contributed by atoms with van der Waals surface area (Å²) in [6.07, 6.45) is 0. The average molecular weight is 387 g/mol. The highest BCUT2D eigenvalue weighted by Crippen LogP contribution is 2.41. The molecule has 0 spiro atoms. The minimum Gasteiger partial charge on any atom is -0.479 e. The number of carbonyl (C=O) groups is 2. The highest BCUT2D eigenvalue weighted by atomic mass is 16.7. The zero-order chi connectivity index (χ0) is 21.3. The van der Waals surface area contributed by atoms with Crippen molar-refractivity contribution >= 4 is 24.5 Å². The van der Waals surface area contributed by atoms with E-state index in [0.717, 1.165) is 11.0 Å². The van der Waals surface area contributed by atoms with Gasteiger partial charge in [0.15, 0.2) is 0 Å². The summed E-state index contributed by atoms with van der Waals surface area (Å²) < 4.78 is 12.2. The Morgan fingerprint density at radius 1 is 1.11 bits per heavy atom. The number of hydrogen-bond acceptors (Lipinski definition) is 4. The summed E-state index contributed by atoms with van der Waals surface area (Å²) in [5, 5.41) is 9.93. The van der Waals surface area contributed by atoms with Crippen LogP contribution in [0.15, 0.2) is 18.2 Å². The van der Waals surface area contributed by atoms with Gasteiger partial charge in [-0.2, -0.15) is 0 Å². The molecular formula is C21H30BNO5. The van der Waals surface area contributed by atoms with Gasteiger partial charge in [0, 0.05) is 12.1 Å². The van der Waals surface area contributed by atoms with E-state index in [-0.39, 0.29) is 12.5 Å². The van der Waals surface area contributed by atoms with Gasteiger partial charge in [-0.1, -0.05) is 32.9 Å². The number of hydrogen-bond donors (Lipinski definition) is 1. The standard InChI is InChI=1S/C21H30BNO5/c1-18(2,3)21(8,17(25)26)23-12-13-9-10-14(11-15(13)16(23)24)22-27-19(4,5)20(6,7)28-22/h9-11H,12H2,1-8H3,(H,25,26). The summed E-state index contributed by atoms with van der Waals surface area (Å²) in [4.78, 5) is 26.8. The monoisotopic (exact) mass is 387 g/mol. The van der Waals surface area contributed by atoms with E-state index in [1.807, 2.05) is 60.6 Å². The Labute approximate surface area is 167 Å². The van der Waals surface area contributed by atoms with Crippen LogP contribution in [0.3, 0.4) is 0 Å². The van der Waals surface area contributed by atoms with E-state index in [0.29, 0.717) is 5.56 Å². The lowest BCUT2D eigenvalue weighted by Gasteiger charge is -2.44. The second-order valence-electron chi connectivity index (χ2n) is 10.0. The first-order valence-corrected chi connectivity index (χ1v) is 9.66. The number of amides is 1. The second kappa shape index (κ2) is 6.07. The van der Waals surface area contributed by atoms with E-state index in [9.17, 15) is 14.7 Å². The zero-order valence-corrected chi connectivity index (χ0v) is 18.0. The van der Waals surface area contributed by atoms with Crippen molar-refractivity contribution in [3.8, 4) is 0 Å². The molecule has 0 bridgehead atoms. The van der Waals surface area contributed by atoms with Crippen molar-refractivity contribution in [2.45, 2.75) is 78.7 Å². The fraction of sp³-hybridized carbons (Fsp3) is 0.619. The number of rotatable bonds is 3. The number of nitrogens with zero attached hydrogens (tertiary/aromatic N) is 1. The molecule has 1 amide bonds. The molecule has 1 N–H and O–H groups in total. The lowest BCUT2D eigenvalue weighted by atomic mass is 9.73. The van der Waals surface area contributed by atoms with E-state index in [1.165, 1.54) is 4.90 Å². The molecule has 0 saturated carbocycles. The molecule has 1 atom stereocenters. The van der Waals surface area contributed by atoms with E-state index in [4.69, 9.17) is 9.31 Å². The van der Waals surface area contributed by atoms with Gasteiger partial charge in [-0.05, 0) is 57.1 Å². The summed E-state index contributed by atoms with van der Waals surface area (Å²) in [5.74, 6) is -1.28. The molecule has 28 heavy (non-hydrogen) atoms. The molecule has 6 nitrogen and oxygen atoms in total. The van der Waals surface area contributed by atoms with Gasteiger partial charge in [0.25, 0.3) is 5.91 Å². The maximum absolute atomic E-state index is 13.2. The van der Waals surface area contributed by atoms with Crippen LogP contribution in [0.5, 0.6) is 0 Å². The van der Waals surface area contributed by atoms with Crippen molar-refractivity contribution in [2.24, 2.45) is 5.41 Å². The topological polar surface area (TPSA) is 76.1 Å². The van der Waals surface area contributed by atoms with Crippen LogP contribution in [0, 0.1) is 5.41 Å². The largest absolute Gasteiger partial charge is 0.494 e. The summed E-state index contributed by atoms with van der Waals surface area (Å²) in [6.45, 7) is 15.3. The molecule has 3 rings (SSSR count). The molecule has 0 aromatic heterocycles. The fourth-order valence-electron chi connectivity index (χ4n) is 3.65. The maximum atomic E-state index is 13.2. The lowest BCUT2D eigenvalue weighted by molar-refractivity contribution is -0.156. The number of carboxylic acids is 1. The minimum absolute atomic E-state index is 0.270. The van der Waals surface area contributed by atoms with Crippen LogP contribution in [0.4, 0.5) is 0 Å². The number of benzene rings is 1. The van der Waals surface area contributed by atoms with Crippen LogP contribution < -0.4 is 5.46 Å². The van der Waals surface area contributed by atoms with Gasteiger partial charge >= 0.3 is 13.1 Å². The van der Waals surface area contributed by atoms with Crippen molar-refractivity contribution in [1.82, 2.24) is 4.90 Å². The Hall–Kier alpha value is -1.86. The van der Waals surface area contributed by atoms with E-state index in [1.54, 1.807) is 13.0 Å². The Bertz CT molecular complexity index is 826. The summed E-state index contributed by atoms with van der Waals surface area (Å²) in [6, 6.07) is 5.55. The molecule has 1 fully saturated rings. The number of aliphatic carboxylic acids is 1. The van der Waals surface area contributed by atoms with Crippen molar-refractivity contribution in [2.75, 3.05) is 0 Å². The van der Waals surface area contributed by atoms with Gasteiger partial charge in [-0.25, -0.2) is 4.79 Å². The van der Waals surface area contributed by atoms with Crippen LogP contribution in [0.25, 0.3) is 0 Å². The van der Waals surface area contributed by atoms with E-state index < -0.39 is 35.2 Å². The van der Waals surface area contributed by atoms with E-state index in [2.05, 4.69) is 0 Å². The highest BCUT2D eigenvalue weighted by molar-refractivity contribution is 6.62. The first-order valence-electron chi connectivity index (χ1n) is 9.66. The van der Waals surface area contributed by atoms with Gasteiger partial charge in [-0.15, -0.1) is 0 Å². The van der Waals surface area contributed by atoms with Crippen LogP contribution in [-0.2, 0) is 20.6 Å². The first kappa shape index (κ1) is 20.9. The Morgan fingerprint density at radius 2 is 1.64 bits per heavy atom. The summed E-state index contributed by atoms with van der Waals surface area (Å²) in [5.41, 5.74) is -0.799. The lowest BCUT2D eigenvalue weighted by Crippen LogP contribution is -2.60. The maximum Gasteiger partial charge on any atom is 0.494 e. The predicted molar refractivity (Wildman–Crippen MR) is 108 cm³/mol. The minimum atomic E-state index is -1.33. The molecule has 7 heteroatoms. The molecule has 1 unspecified atom stereocenters. The summed E-state index contributed by atoms with van der Waals surface area (Å²) >= 11 is 0. The number of carboxylic acid groups (broad SMARTS) is 1.